The van der Waals surface area contributed by atoms with Crippen LogP contribution in [0.1, 0.15) is 18.4 Å². The third-order valence-electron chi connectivity index (χ3n) is 3.53. The number of esters is 2. The zero-order valence-corrected chi connectivity index (χ0v) is 12.6. The van der Waals surface area contributed by atoms with E-state index in [1.54, 1.807) is 0 Å². The van der Waals surface area contributed by atoms with Gasteiger partial charge in [0.1, 0.15) is 0 Å². The van der Waals surface area contributed by atoms with Gasteiger partial charge in [0, 0.05) is 18.4 Å². The number of rotatable bonds is 5. The van der Waals surface area contributed by atoms with Crippen molar-refractivity contribution < 1.29 is 23.8 Å². The molecule has 5 heteroatoms. The third kappa shape index (κ3) is 3.66. The number of hydrogen-bond donors (Lipinski definition) is 0. The molecule has 22 heavy (non-hydrogen) atoms. The van der Waals surface area contributed by atoms with Gasteiger partial charge in [-0.3, -0.25) is 9.59 Å². The highest BCUT2D eigenvalue weighted by molar-refractivity contribution is 6.00. The molecule has 1 atom stereocenters. The molecular formula is C17H18O5. The van der Waals surface area contributed by atoms with E-state index in [0.717, 1.165) is 5.56 Å². The summed E-state index contributed by atoms with van der Waals surface area (Å²) in [5.41, 5.74) is -0.624. The van der Waals surface area contributed by atoms with Gasteiger partial charge in [0.15, 0.2) is 5.41 Å². The first-order valence-electron chi connectivity index (χ1n) is 6.95. The number of carbonyl (C=O) groups excluding carboxylic acids is 2. The number of methoxy groups -OCH3 is 2. The Morgan fingerprint density at radius 2 is 1.82 bits per heavy atom. The molecule has 0 saturated carbocycles. The normalized spacial score (nSPS) is 16.2. The zero-order valence-electron chi connectivity index (χ0n) is 12.6. The number of benzene rings is 1. The Bertz CT molecular complexity index is 576. The van der Waals surface area contributed by atoms with Gasteiger partial charge < -0.3 is 14.2 Å². The van der Waals surface area contributed by atoms with Gasteiger partial charge in [-0.2, -0.15) is 0 Å². The first-order valence-corrected chi connectivity index (χ1v) is 6.95. The van der Waals surface area contributed by atoms with Crippen LogP contribution in [0.15, 0.2) is 30.3 Å². The summed E-state index contributed by atoms with van der Waals surface area (Å²) in [7, 11) is 2.50. The maximum Gasteiger partial charge on any atom is 0.324 e. The molecule has 1 saturated heterocycles. The van der Waals surface area contributed by atoms with E-state index in [4.69, 9.17) is 14.2 Å². The minimum Gasteiger partial charge on any atom is -0.468 e. The summed E-state index contributed by atoms with van der Waals surface area (Å²) in [4.78, 5) is 24.4. The first-order chi connectivity index (χ1) is 10.6. The Morgan fingerprint density at radius 3 is 2.32 bits per heavy atom. The van der Waals surface area contributed by atoms with E-state index < -0.39 is 17.4 Å². The number of epoxide rings is 1. The molecule has 0 aromatic heterocycles. The lowest BCUT2D eigenvalue weighted by Crippen LogP contribution is -2.42. The molecule has 0 radical (unpaired) electrons. The van der Waals surface area contributed by atoms with Gasteiger partial charge in [0.25, 0.3) is 0 Å². The van der Waals surface area contributed by atoms with Crippen LogP contribution in [0.5, 0.6) is 0 Å². The maximum absolute atomic E-state index is 12.2. The zero-order chi connectivity index (χ0) is 16.0. The summed E-state index contributed by atoms with van der Waals surface area (Å²) in [6.07, 6.45) is 0.119. The van der Waals surface area contributed by atoms with E-state index in [2.05, 4.69) is 11.8 Å². The minimum absolute atomic E-state index is 0.0289. The Balaban J connectivity index is 2.24. The molecule has 1 aliphatic heterocycles. The molecule has 0 unspecified atom stereocenters. The quantitative estimate of drug-likeness (QED) is 0.357. The average Bonchev–Trinajstić information content (AvgIpc) is 3.37. The fourth-order valence-corrected chi connectivity index (χ4v) is 2.25. The second-order valence-corrected chi connectivity index (χ2v) is 5.07. The summed E-state index contributed by atoms with van der Waals surface area (Å²) in [5.74, 6) is 4.56. The number of carbonyl (C=O) groups is 2. The van der Waals surface area contributed by atoms with Crippen molar-refractivity contribution in [3.8, 4) is 11.8 Å². The Labute approximate surface area is 129 Å². The number of hydrogen-bond acceptors (Lipinski definition) is 5. The largest absolute Gasteiger partial charge is 0.468 e. The van der Waals surface area contributed by atoms with Crippen LogP contribution >= 0.6 is 0 Å². The van der Waals surface area contributed by atoms with Crippen molar-refractivity contribution >= 4 is 11.9 Å². The first kappa shape index (κ1) is 16.1. The van der Waals surface area contributed by atoms with Crippen LogP contribution in [0.2, 0.25) is 0 Å². The molecule has 0 spiro atoms. The predicted octanol–water partition coefficient (Wildman–Crippen LogP) is 1.55. The molecule has 0 aliphatic carbocycles. The number of ether oxygens (including phenoxy) is 3. The van der Waals surface area contributed by atoms with Gasteiger partial charge in [-0.15, -0.1) is 0 Å². The van der Waals surface area contributed by atoms with Gasteiger partial charge >= 0.3 is 11.9 Å². The molecule has 1 aromatic rings. The van der Waals surface area contributed by atoms with Crippen LogP contribution < -0.4 is 0 Å². The van der Waals surface area contributed by atoms with Crippen molar-refractivity contribution in [1.82, 2.24) is 0 Å². The molecule has 0 amide bonds. The third-order valence-corrected chi connectivity index (χ3v) is 3.53. The lowest BCUT2D eigenvalue weighted by molar-refractivity contribution is -0.169. The highest BCUT2D eigenvalue weighted by atomic mass is 16.6. The standard InChI is InChI=1S/C17H18O5/c1-20-15(18)17(16(19)21-2,11-14-12-22-14)10-6-9-13-7-4-3-5-8-13/h3-5,7-8,14H,10-12H2,1-2H3/t14-/m0/s1. The van der Waals surface area contributed by atoms with Crippen molar-refractivity contribution in [3.63, 3.8) is 0 Å². The Morgan fingerprint density at radius 1 is 1.23 bits per heavy atom. The average molecular weight is 302 g/mol. The summed E-state index contributed by atoms with van der Waals surface area (Å²) in [6, 6.07) is 9.35. The molecule has 1 fully saturated rings. The Kier molecular flexibility index (Phi) is 5.18. The molecule has 0 bridgehead atoms. The molecule has 0 N–H and O–H groups in total. The van der Waals surface area contributed by atoms with Crippen LogP contribution in [0.4, 0.5) is 0 Å². The fourth-order valence-electron chi connectivity index (χ4n) is 2.25. The van der Waals surface area contributed by atoms with Crippen molar-refractivity contribution in [1.29, 1.82) is 0 Å². The highest BCUT2D eigenvalue weighted by Crippen LogP contribution is 2.35. The second-order valence-electron chi connectivity index (χ2n) is 5.07. The van der Waals surface area contributed by atoms with Crippen molar-refractivity contribution in [3.05, 3.63) is 35.9 Å². The van der Waals surface area contributed by atoms with Crippen molar-refractivity contribution in [2.45, 2.75) is 18.9 Å². The SMILES string of the molecule is COC(=O)C(CC#Cc1ccccc1)(C[C@H]1CO1)C(=O)OC. The van der Waals surface area contributed by atoms with Crippen LogP contribution in [0.3, 0.4) is 0 Å². The molecule has 1 aromatic carbocycles. The molecule has 2 rings (SSSR count). The summed E-state index contributed by atoms with van der Waals surface area (Å²) < 4.78 is 14.8. The summed E-state index contributed by atoms with van der Waals surface area (Å²) >= 11 is 0. The van der Waals surface area contributed by atoms with Gasteiger partial charge in [0.2, 0.25) is 0 Å². The van der Waals surface area contributed by atoms with Crippen LogP contribution in [-0.2, 0) is 23.8 Å². The Hall–Kier alpha value is -2.32. The van der Waals surface area contributed by atoms with Crippen LogP contribution in [-0.4, -0.2) is 38.9 Å². The second kappa shape index (κ2) is 7.10. The van der Waals surface area contributed by atoms with Gasteiger partial charge in [0.05, 0.1) is 26.9 Å². The molecule has 5 nitrogen and oxygen atoms in total. The molecule has 1 heterocycles. The smallest absolute Gasteiger partial charge is 0.324 e. The van der Waals surface area contributed by atoms with E-state index >= 15 is 0 Å². The van der Waals surface area contributed by atoms with Crippen LogP contribution in [0, 0.1) is 17.3 Å². The van der Waals surface area contributed by atoms with Crippen molar-refractivity contribution in [2.75, 3.05) is 20.8 Å². The van der Waals surface area contributed by atoms with Crippen LogP contribution in [0.25, 0.3) is 0 Å². The van der Waals surface area contributed by atoms with Gasteiger partial charge in [-0.25, -0.2) is 0 Å². The highest BCUT2D eigenvalue weighted by Gasteiger charge is 2.51. The monoisotopic (exact) mass is 302 g/mol. The fraction of sp³-hybridized carbons (Fsp3) is 0.412. The predicted molar refractivity (Wildman–Crippen MR) is 78.8 cm³/mol. The van der Waals surface area contributed by atoms with Crippen molar-refractivity contribution in [2.24, 2.45) is 5.41 Å². The van der Waals surface area contributed by atoms with Gasteiger partial charge in [-0.05, 0) is 12.1 Å². The van der Waals surface area contributed by atoms with E-state index in [0.29, 0.717) is 6.61 Å². The maximum atomic E-state index is 12.2. The van der Waals surface area contributed by atoms with E-state index in [1.165, 1.54) is 14.2 Å². The molecule has 116 valence electrons. The topological polar surface area (TPSA) is 65.1 Å². The summed E-state index contributed by atoms with van der Waals surface area (Å²) in [6.45, 7) is 0.530. The lowest BCUT2D eigenvalue weighted by Gasteiger charge is -2.25. The minimum atomic E-state index is -1.44. The lowest BCUT2D eigenvalue weighted by atomic mass is 9.80. The summed E-state index contributed by atoms with van der Waals surface area (Å²) in [5, 5.41) is 0. The van der Waals surface area contributed by atoms with E-state index in [1.807, 2.05) is 30.3 Å². The molecule has 1 aliphatic rings. The molecular weight excluding hydrogens is 284 g/mol. The van der Waals surface area contributed by atoms with Gasteiger partial charge in [-0.1, -0.05) is 30.0 Å². The van der Waals surface area contributed by atoms with E-state index in [-0.39, 0.29) is 18.9 Å². The van der Waals surface area contributed by atoms with E-state index in [9.17, 15) is 9.59 Å².